The average molecular weight is 426 g/mol. The van der Waals surface area contributed by atoms with Crippen molar-refractivity contribution in [2.75, 3.05) is 32.8 Å². The van der Waals surface area contributed by atoms with Crippen LogP contribution in [0.25, 0.3) is 0 Å². The monoisotopic (exact) mass is 424 g/mol. The molecule has 1 aromatic rings. The predicted molar refractivity (Wildman–Crippen MR) is 93.1 cm³/mol. The van der Waals surface area contributed by atoms with Gasteiger partial charge in [-0.15, -0.1) is 12.4 Å². The second kappa shape index (κ2) is 7.85. The molecule has 0 radical (unpaired) electrons. The van der Waals surface area contributed by atoms with E-state index in [0.29, 0.717) is 35.7 Å². The molecule has 0 fully saturated rings. The van der Waals surface area contributed by atoms with Gasteiger partial charge in [-0.3, -0.25) is 0 Å². The van der Waals surface area contributed by atoms with Crippen molar-refractivity contribution >= 4 is 38.4 Å². The number of rotatable bonds is 4. The lowest BCUT2D eigenvalue weighted by atomic mass is 10.1. The van der Waals surface area contributed by atoms with Crippen molar-refractivity contribution in [3.05, 3.63) is 28.3 Å². The fourth-order valence-electron chi connectivity index (χ4n) is 2.35. The summed E-state index contributed by atoms with van der Waals surface area (Å²) in [5.41, 5.74) is 1.09. The summed E-state index contributed by atoms with van der Waals surface area (Å²) in [6.07, 6.45) is 2.87. The minimum Gasteiger partial charge on any atom is -0.486 e. The molecule has 0 atom stereocenters. The third-order valence-corrected chi connectivity index (χ3v) is 5.89. The second-order valence-corrected chi connectivity index (χ2v) is 7.66. The molecule has 23 heavy (non-hydrogen) atoms. The smallest absolute Gasteiger partial charge is 0.242 e. The highest BCUT2D eigenvalue weighted by molar-refractivity contribution is 9.10. The van der Waals surface area contributed by atoms with Crippen LogP contribution in [0.4, 0.5) is 0 Å². The minimum absolute atomic E-state index is 0. The molecule has 128 valence electrons. The molecular formula is C14H18BrClN2O4S. The summed E-state index contributed by atoms with van der Waals surface area (Å²) < 4.78 is 39.0. The Morgan fingerprint density at radius 1 is 1.22 bits per heavy atom. The van der Waals surface area contributed by atoms with Crippen LogP contribution in [-0.4, -0.2) is 41.3 Å². The number of ether oxygens (including phenoxy) is 2. The molecule has 9 heteroatoms. The molecule has 0 saturated heterocycles. The van der Waals surface area contributed by atoms with Crippen molar-refractivity contribution < 1.29 is 17.9 Å². The van der Waals surface area contributed by atoms with Gasteiger partial charge < -0.3 is 14.8 Å². The Kier molecular flexibility index (Phi) is 6.33. The molecule has 0 saturated carbocycles. The maximum Gasteiger partial charge on any atom is 0.242 e. The minimum atomic E-state index is -3.62. The third kappa shape index (κ3) is 4.39. The summed E-state index contributed by atoms with van der Waals surface area (Å²) in [7, 11) is -3.62. The molecule has 2 N–H and O–H groups in total. The number of fused-ring (bicyclic) bond motifs is 1. The van der Waals surface area contributed by atoms with E-state index in [0.717, 1.165) is 25.1 Å². The van der Waals surface area contributed by atoms with E-state index in [1.165, 1.54) is 6.07 Å². The summed E-state index contributed by atoms with van der Waals surface area (Å²) in [6, 6.07) is 3.13. The number of halogens is 2. The Morgan fingerprint density at radius 3 is 2.57 bits per heavy atom. The van der Waals surface area contributed by atoms with E-state index in [1.54, 1.807) is 6.07 Å². The lowest BCUT2D eigenvalue weighted by Gasteiger charge is -2.20. The topological polar surface area (TPSA) is 76.7 Å². The van der Waals surface area contributed by atoms with Crippen molar-refractivity contribution in [2.24, 2.45) is 0 Å². The Hall–Kier alpha value is -0.800. The number of hydrogen-bond donors (Lipinski definition) is 2. The first kappa shape index (κ1) is 18.5. The van der Waals surface area contributed by atoms with Gasteiger partial charge >= 0.3 is 0 Å². The molecule has 0 bridgehead atoms. The predicted octanol–water partition coefficient (Wildman–Crippen LogP) is 1.84. The summed E-state index contributed by atoms with van der Waals surface area (Å²) in [6.45, 7) is 2.87. The molecule has 3 rings (SSSR count). The molecule has 0 aliphatic carbocycles. The molecule has 0 amide bonds. The molecule has 0 spiro atoms. The maximum absolute atomic E-state index is 12.5. The van der Waals surface area contributed by atoms with Gasteiger partial charge in [0.15, 0.2) is 11.5 Å². The lowest BCUT2D eigenvalue weighted by Crippen LogP contribution is -2.30. The molecule has 1 aromatic carbocycles. The van der Waals surface area contributed by atoms with Gasteiger partial charge in [0.25, 0.3) is 0 Å². The van der Waals surface area contributed by atoms with Crippen LogP contribution in [0.15, 0.2) is 33.2 Å². The fraction of sp³-hybridized carbons (Fsp3) is 0.429. The Labute approximate surface area is 150 Å². The van der Waals surface area contributed by atoms with Crippen LogP contribution in [0.5, 0.6) is 11.5 Å². The van der Waals surface area contributed by atoms with Gasteiger partial charge in [-0.1, -0.05) is 11.6 Å². The van der Waals surface area contributed by atoms with E-state index in [2.05, 4.69) is 26.0 Å². The zero-order valence-corrected chi connectivity index (χ0v) is 15.5. The zero-order valence-electron chi connectivity index (χ0n) is 12.3. The Bertz CT molecular complexity index is 709. The quantitative estimate of drug-likeness (QED) is 0.720. The van der Waals surface area contributed by atoms with Crippen LogP contribution in [-0.2, 0) is 10.0 Å². The normalized spacial score (nSPS) is 17.2. The van der Waals surface area contributed by atoms with Crippen molar-refractivity contribution in [1.82, 2.24) is 10.0 Å². The van der Waals surface area contributed by atoms with Crippen molar-refractivity contribution in [3.63, 3.8) is 0 Å². The highest BCUT2D eigenvalue weighted by atomic mass is 79.9. The Morgan fingerprint density at radius 2 is 1.91 bits per heavy atom. The molecule has 2 aliphatic heterocycles. The first-order chi connectivity index (χ1) is 10.6. The molecule has 0 aromatic heterocycles. The summed E-state index contributed by atoms with van der Waals surface area (Å²) >= 11 is 3.30. The summed E-state index contributed by atoms with van der Waals surface area (Å²) in [5.74, 6) is 1.01. The summed E-state index contributed by atoms with van der Waals surface area (Å²) in [5, 5.41) is 3.20. The van der Waals surface area contributed by atoms with Crippen LogP contribution < -0.4 is 19.5 Å². The van der Waals surface area contributed by atoms with Crippen LogP contribution in [0.1, 0.15) is 6.42 Å². The fourth-order valence-corrected chi connectivity index (χ4v) is 4.42. The van der Waals surface area contributed by atoms with Crippen LogP contribution in [0.2, 0.25) is 0 Å². The van der Waals surface area contributed by atoms with Gasteiger partial charge in [-0.05, 0) is 35.0 Å². The van der Waals surface area contributed by atoms with E-state index in [9.17, 15) is 8.42 Å². The zero-order chi connectivity index (χ0) is 15.6. The lowest BCUT2D eigenvalue weighted by molar-refractivity contribution is 0.171. The van der Waals surface area contributed by atoms with Crippen LogP contribution in [0, 0.1) is 0 Å². The van der Waals surface area contributed by atoms with Crippen molar-refractivity contribution in [2.45, 2.75) is 11.3 Å². The van der Waals surface area contributed by atoms with E-state index >= 15 is 0 Å². The second-order valence-electron chi connectivity index (χ2n) is 5.07. The third-order valence-electron chi connectivity index (χ3n) is 3.53. The number of benzene rings is 1. The van der Waals surface area contributed by atoms with E-state index in [1.807, 2.05) is 6.08 Å². The van der Waals surface area contributed by atoms with Gasteiger partial charge in [0.05, 0.1) is 0 Å². The molecule has 6 nitrogen and oxygen atoms in total. The summed E-state index contributed by atoms with van der Waals surface area (Å²) in [4.78, 5) is 0.159. The van der Waals surface area contributed by atoms with E-state index in [4.69, 9.17) is 9.47 Å². The number of nitrogens with one attached hydrogen (secondary N) is 2. The molecule has 2 aliphatic rings. The van der Waals surface area contributed by atoms with Crippen LogP contribution >= 0.6 is 28.3 Å². The van der Waals surface area contributed by atoms with Gasteiger partial charge in [0, 0.05) is 23.6 Å². The first-order valence-electron chi connectivity index (χ1n) is 7.04. The van der Waals surface area contributed by atoms with Gasteiger partial charge in [0.2, 0.25) is 10.0 Å². The highest BCUT2D eigenvalue weighted by Gasteiger charge is 2.23. The standard InChI is InChI=1S/C14H17BrN2O4S.ClH/c15-11-7-12-13(21-6-5-20-12)8-14(11)22(18,19)17-9-10-1-3-16-4-2-10;/h1,7-8,16-17H,2-6,9H2;1H. The highest BCUT2D eigenvalue weighted by Crippen LogP contribution is 2.37. The van der Waals surface area contributed by atoms with Crippen molar-refractivity contribution in [3.8, 4) is 11.5 Å². The van der Waals surface area contributed by atoms with Gasteiger partial charge in [-0.2, -0.15) is 0 Å². The average Bonchev–Trinajstić information content (AvgIpc) is 2.53. The van der Waals surface area contributed by atoms with Crippen molar-refractivity contribution in [1.29, 1.82) is 0 Å². The van der Waals surface area contributed by atoms with Gasteiger partial charge in [0.1, 0.15) is 18.1 Å². The molecule has 2 heterocycles. The van der Waals surface area contributed by atoms with E-state index in [-0.39, 0.29) is 17.3 Å². The molecular weight excluding hydrogens is 408 g/mol. The number of hydrogen-bond acceptors (Lipinski definition) is 5. The van der Waals surface area contributed by atoms with Gasteiger partial charge in [-0.25, -0.2) is 13.1 Å². The maximum atomic E-state index is 12.5. The largest absolute Gasteiger partial charge is 0.486 e. The number of sulfonamides is 1. The SMILES string of the molecule is Cl.O=S(=O)(NCC1=CCNCC1)c1cc2c(cc1Br)OCCO2. The van der Waals surface area contributed by atoms with Crippen LogP contribution in [0.3, 0.4) is 0 Å². The Balaban J connectivity index is 0.00000192. The first-order valence-corrected chi connectivity index (χ1v) is 9.31. The van der Waals surface area contributed by atoms with E-state index < -0.39 is 10.0 Å². The molecule has 0 unspecified atom stereocenters.